The average Bonchev–Trinajstić information content (AvgIpc) is 3.00. The maximum atomic E-state index is 10.8. The summed E-state index contributed by atoms with van der Waals surface area (Å²) in [5.41, 5.74) is 2.45. The highest BCUT2D eigenvalue weighted by Crippen LogP contribution is 2.35. The lowest BCUT2D eigenvalue weighted by atomic mass is 9.99. The number of piperidine rings is 1. The lowest BCUT2D eigenvalue weighted by molar-refractivity contribution is -0.111. The minimum atomic E-state index is 0.196. The second-order valence-corrected chi connectivity index (χ2v) is 6.28. The number of hydrogen-bond acceptors (Lipinski definition) is 5. The van der Waals surface area contributed by atoms with Crippen LogP contribution in [0.5, 0.6) is 5.75 Å². The van der Waals surface area contributed by atoms with Crippen LogP contribution in [-0.2, 0) is 4.79 Å². The van der Waals surface area contributed by atoms with Crippen molar-refractivity contribution in [3.8, 4) is 17.0 Å². The van der Waals surface area contributed by atoms with Gasteiger partial charge >= 0.3 is 0 Å². The van der Waals surface area contributed by atoms with Crippen molar-refractivity contribution >= 4 is 22.8 Å². The Kier molecular flexibility index (Phi) is 3.92. The van der Waals surface area contributed by atoms with E-state index in [9.17, 15) is 9.90 Å². The van der Waals surface area contributed by atoms with Gasteiger partial charge in [0.25, 0.3) is 0 Å². The number of aromatic nitrogens is 1. The zero-order valence-electron chi connectivity index (χ0n) is 12.0. The number of aromatic hydroxyl groups is 1. The topological polar surface area (TPSA) is 53.4 Å². The molecule has 0 unspecified atom stereocenters. The van der Waals surface area contributed by atoms with E-state index in [1.54, 1.807) is 11.3 Å². The minimum Gasteiger partial charge on any atom is -0.507 e. The Morgan fingerprint density at radius 3 is 2.86 bits per heavy atom. The Labute approximate surface area is 128 Å². The average molecular weight is 302 g/mol. The number of carbonyl (C=O) groups is 1. The fourth-order valence-electron chi connectivity index (χ4n) is 2.63. The Bertz CT molecular complexity index is 645. The number of para-hydroxylation sites is 1. The number of nitrogens with zero attached hydrogens (tertiary/aromatic N) is 2. The molecule has 0 amide bonds. The van der Waals surface area contributed by atoms with Crippen LogP contribution in [-0.4, -0.2) is 29.5 Å². The van der Waals surface area contributed by atoms with Crippen LogP contribution in [0.4, 0.5) is 5.13 Å². The Balaban J connectivity index is 1.81. The molecule has 1 aromatic heterocycles. The summed E-state index contributed by atoms with van der Waals surface area (Å²) in [7, 11) is 0. The molecule has 1 aliphatic rings. The number of rotatable bonds is 3. The molecule has 2 heterocycles. The number of phenolic OH excluding ortho intramolecular Hbond substituents is 1. The molecule has 1 saturated heterocycles. The molecular formula is C16H18N2O2S. The molecule has 0 radical (unpaired) electrons. The minimum absolute atomic E-state index is 0.196. The molecule has 0 bridgehead atoms. The van der Waals surface area contributed by atoms with Crippen LogP contribution in [0.25, 0.3) is 11.3 Å². The van der Waals surface area contributed by atoms with Crippen LogP contribution in [0.15, 0.2) is 23.6 Å². The van der Waals surface area contributed by atoms with Crippen molar-refractivity contribution in [2.45, 2.75) is 19.8 Å². The third-order valence-electron chi connectivity index (χ3n) is 4.01. The van der Waals surface area contributed by atoms with Crippen LogP contribution in [0.2, 0.25) is 0 Å². The van der Waals surface area contributed by atoms with Crippen LogP contribution in [0, 0.1) is 12.8 Å². The van der Waals surface area contributed by atoms with Gasteiger partial charge < -0.3 is 14.8 Å². The fourth-order valence-corrected chi connectivity index (χ4v) is 3.51. The number of thiazole rings is 1. The predicted octanol–water partition coefficient (Wildman–Crippen LogP) is 3.24. The molecule has 1 N–H and O–H groups in total. The van der Waals surface area contributed by atoms with Crippen LogP contribution in [0.1, 0.15) is 18.4 Å². The van der Waals surface area contributed by atoms with E-state index in [1.807, 2.05) is 30.5 Å². The van der Waals surface area contributed by atoms with E-state index in [2.05, 4.69) is 9.88 Å². The summed E-state index contributed by atoms with van der Waals surface area (Å²) in [4.78, 5) is 17.7. The molecule has 1 aliphatic heterocycles. The van der Waals surface area contributed by atoms with E-state index < -0.39 is 0 Å². The first-order valence-electron chi connectivity index (χ1n) is 7.13. The van der Waals surface area contributed by atoms with Crippen molar-refractivity contribution in [1.82, 2.24) is 4.98 Å². The van der Waals surface area contributed by atoms with Gasteiger partial charge in [0, 0.05) is 30.0 Å². The van der Waals surface area contributed by atoms with E-state index in [4.69, 9.17) is 0 Å². The molecule has 3 rings (SSSR count). The summed E-state index contributed by atoms with van der Waals surface area (Å²) in [6, 6.07) is 5.70. The predicted molar refractivity (Wildman–Crippen MR) is 85.0 cm³/mol. The summed E-state index contributed by atoms with van der Waals surface area (Å²) < 4.78 is 0. The highest BCUT2D eigenvalue weighted by atomic mass is 32.1. The zero-order valence-corrected chi connectivity index (χ0v) is 12.8. The van der Waals surface area contributed by atoms with E-state index in [1.165, 1.54) is 0 Å². The molecule has 1 aromatic carbocycles. The van der Waals surface area contributed by atoms with Gasteiger partial charge in [-0.15, -0.1) is 11.3 Å². The molecule has 110 valence electrons. The highest BCUT2D eigenvalue weighted by Gasteiger charge is 2.21. The number of phenols is 1. The normalized spacial score (nSPS) is 16.1. The molecule has 21 heavy (non-hydrogen) atoms. The first-order chi connectivity index (χ1) is 10.2. The smallest absolute Gasteiger partial charge is 0.185 e. The lowest BCUT2D eigenvalue weighted by Crippen LogP contribution is -2.33. The van der Waals surface area contributed by atoms with Crippen molar-refractivity contribution in [1.29, 1.82) is 0 Å². The summed E-state index contributed by atoms with van der Waals surface area (Å²) in [6.45, 7) is 3.63. The Morgan fingerprint density at radius 1 is 1.38 bits per heavy atom. The van der Waals surface area contributed by atoms with Crippen LogP contribution >= 0.6 is 11.3 Å². The summed E-state index contributed by atoms with van der Waals surface area (Å²) >= 11 is 1.59. The van der Waals surface area contributed by atoms with Gasteiger partial charge in [0.2, 0.25) is 0 Å². The number of anilines is 1. The molecule has 5 heteroatoms. The molecule has 1 fully saturated rings. The number of hydrogen-bond donors (Lipinski definition) is 1. The quantitative estimate of drug-likeness (QED) is 0.884. The molecule has 2 aromatic rings. The molecule has 0 atom stereocenters. The first-order valence-corrected chi connectivity index (χ1v) is 8.01. The number of carbonyl (C=O) groups excluding carboxylic acids is 1. The number of aldehydes is 1. The standard InChI is InChI=1S/C16H18N2O2S/c1-11-3-2-4-13(15(11)20)14-10-21-16(17-14)18-7-5-12(9-19)6-8-18/h2-4,9-10,12,20H,5-8H2,1H3. The maximum absolute atomic E-state index is 10.8. The summed E-state index contributed by atoms with van der Waals surface area (Å²) in [6.07, 6.45) is 2.86. The largest absolute Gasteiger partial charge is 0.507 e. The number of aryl methyl sites for hydroxylation is 1. The first kappa shape index (κ1) is 14.1. The molecule has 0 aliphatic carbocycles. The van der Waals surface area contributed by atoms with Crippen LogP contribution in [0.3, 0.4) is 0 Å². The summed E-state index contributed by atoms with van der Waals surface area (Å²) in [5.74, 6) is 0.496. The third-order valence-corrected chi connectivity index (χ3v) is 4.91. The van der Waals surface area contributed by atoms with Crippen molar-refractivity contribution in [2.24, 2.45) is 5.92 Å². The molecule has 0 saturated carbocycles. The Morgan fingerprint density at radius 2 is 2.14 bits per heavy atom. The highest BCUT2D eigenvalue weighted by molar-refractivity contribution is 7.14. The second kappa shape index (κ2) is 5.85. The van der Waals surface area contributed by atoms with Gasteiger partial charge in [-0.25, -0.2) is 4.98 Å². The molecule has 0 spiro atoms. The van der Waals surface area contributed by atoms with Crippen molar-refractivity contribution in [3.05, 3.63) is 29.1 Å². The second-order valence-electron chi connectivity index (χ2n) is 5.45. The SMILES string of the molecule is Cc1cccc(-c2csc(N3CCC(C=O)CC3)n2)c1O. The van der Waals surface area contributed by atoms with Gasteiger partial charge in [-0.3, -0.25) is 0 Å². The summed E-state index contributed by atoms with van der Waals surface area (Å²) in [5, 5.41) is 13.1. The molecular weight excluding hydrogens is 284 g/mol. The van der Waals surface area contributed by atoms with Crippen molar-refractivity contribution < 1.29 is 9.90 Å². The maximum Gasteiger partial charge on any atom is 0.185 e. The third kappa shape index (κ3) is 2.78. The fraction of sp³-hybridized carbons (Fsp3) is 0.375. The van der Waals surface area contributed by atoms with Gasteiger partial charge in [0.05, 0.1) is 5.69 Å². The number of benzene rings is 1. The van der Waals surface area contributed by atoms with Gasteiger partial charge in [0.1, 0.15) is 12.0 Å². The van der Waals surface area contributed by atoms with Crippen molar-refractivity contribution in [3.63, 3.8) is 0 Å². The van der Waals surface area contributed by atoms with E-state index in [-0.39, 0.29) is 5.92 Å². The van der Waals surface area contributed by atoms with Gasteiger partial charge in [0.15, 0.2) is 5.13 Å². The monoisotopic (exact) mass is 302 g/mol. The van der Waals surface area contributed by atoms with E-state index in [0.29, 0.717) is 5.75 Å². The van der Waals surface area contributed by atoms with Crippen molar-refractivity contribution in [2.75, 3.05) is 18.0 Å². The van der Waals surface area contributed by atoms with Gasteiger partial charge in [-0.2, -0.15) is 0 Å². The van der Waals surface area contributed by atoms with E-state index in [0.717, 1.165) is 54.2 Å². The molecule has 4 nitrogen and oxygen atoms in total. The zero-order chi connectivity index (χ0) is 14.8. The lowest BCUT2D eigenvalue weighted by Gasteiger charge is -2.29. The Hall–Kier alpha value is -1.88. The van der Waals surface area contributed by atoms with E-state index >= 15 is 0 Å². The van der Waals surface area contributed by atoms with Gasteiger partial charge in [-0.1, -0.05) is 12.1 Å². The van der Waals surface area contributed by atoms with Crippen LogP contribution < -0.4 is 4.90 Å². The van der Waals surface area contributed by atoms with Gasteiger partial charge in [-0.05, 0) is 31.4 Å².